The monoisotopic (exact) mass is 453 g/mol. The van der Waals surface area contributed by atoms with Gasteiger partial charge in [-0.15, -0.1) is 0 Å². The Morgan fingerprint density at radius 1 is 1.16 bits per heavy atom. The van der Waals surface area contributed by atoms with Crippen LogP contribution in [-0.4, -0.2) is 45.9 Å². The lowest BCUT2D eigenvalue weighted by Gasteiger charge is -2.19. The van der Waals surface area contributed by atoms with Crippen LogP contribution in [0.5, 0.6) is 0 Å². The number of ether oxygens (including phenoxy) is 1. The Balaban J connectivity index is 1.74. The van der Waals surface area contributed by atoms with E-state index in [9.17, 15) is 9.59 Å². The highest BCUT2D eigenvalue weighted by atomic mass is 32.2. The lowest BCUT2D eigenvalue weighted by Crippen LogP contribution is -2.29. The van der Waals surface area contributed by atoms with Crippen molar-refractivity contribution in [3.05, 3.63) is 70.0 Å². The normalized spacial score (nSPS) is 11.3. The van der Waals surface area contributed by atoms with Crippen LogP contribution in [0.25, 0.3) is 10.9 Å². The van der Waals surface area contributed by atoms with E-state index in [1.807, 2.05) is 63.2 Å². The van der Waals surface area contributed by atoms with Gasteiger partial charge in [-0.25, -0.2) is 4.98 Å². The maximum Gasteiger partial charge on any atom is 0.262 e. The molecule has 0 aliphatic rings. The van der Waals surface area contributed by atoms with Gasteiger partial charge in [0.05, 0.1) is 22.8 Å². The molecule has 0 aliphatic carbocycles. The van der Waals surface area contributed by atoms with E-state index in [0.29, 0.717) is 42.2 Å². The predicted octanol–water partition coefficient (Wildman–Crippen LogP) is 4.27. The SMILES string of the molecule is Cc1ccccc1CN(C)C(=O)CSc1nc2ccccc2c(=O)n1CCCOC(C)C. The fourth-order valence-electron chi connectivity index (χ4n) is 3.36. The van der Waals surface area contributed by atoms with Crippen LogP contribution < -0.4 is 5.56 Å². The molecule has 0 fully saturated rings. The number of rotatable bonds is 10. The Bertz CT molecular complexity index is 1130. The van der Waals surface area contributed by atoms with Crippen molar-refractivity contribution in [2.45, 2.75) is 51.5 Å². The summed E-state index contributed by atoms with van der Waals surface area (Å²) in [6, 6.07) is 15.4. The summed E-state index contributed by atoms with van der Waals surface area (Å²) in [7, 11) is 1.81. The highest BCUT2D eigenvalue weighted by Gasteiger charge is 2.16. The van der Waals surface area contributed by atoms with Crippen molar-refractivity contribution < 1.29 is 9.53 Å². The number of carbonyl (C=O) groups is 1. The van der Waals surface area contributed by atoms with Crippen molar-refractivity contribution in [3.63, 3.8) is 0 Å². The Morgan fingerprint density at radius 2 is 1.88 bits per heavy atom. The number of hydrogen-bond acceptors (Lipinski definition) is 5. The molecule has 0 unspecified atom stereocenters. The van der Waals surface area contributed by atoms with Crippen LogP contribution in [0.2, 0.25) is 0 Å². The Morgan fingerprint density at radius 3 is 2.62 bits per heavy atom. The second-order valence-corrected chi connectivity index (χ2v) is 9.05. The molecule has 1 heterocycles. The molecular weight excluding hydrogens is 422 g/mol. The van der Waals surface area contributed by atoms with E-state index in [1.54, 1.807) is 22.6 Å². The van der Waals surface area contributed by atoms with Crippen LogP contribution >= 0.6 is 11.8 Å². The van der Waals surface area contributed by atoms with Crippen LogP contribution in [0.15, 0.2) is 58.5 Å². The molecule has 170 valence electrons. The van der Waals surface area contributed by atoms with Crippen LogP contribution in [-0.2, 0) is 22.6 Å². The van der Waals surface area contributed by atoms with Crippen molar-refractivity contribution in [2.24, 2.45) is 0 Å². The molecule has 0 saturated carbocycles. The minimum Gasteiger partial charge on any atom is -0.379 e. The Hall–Kier alpha value is -2.64. The topological polar surface area (TPSA) is 64.4 Å². The van der Waals surface area contributed by atoms with Gasteiger partial charge in [0.15, 0.2) is 5.16 Å². The molecule has 3 rings (SSSR count). The third-order valence-corrected chi connectivity index (χ3v) is 6.18. The minimum atomic E-state index is -0.0802. The van der Waals surface area contributed by atoms with Crippen molar-refractivity contribution >= 4 is 28.6 Å². The molecule has 7 heteroatoms. The number of nitrogens with zero attached hydrogens (tertiary/aromatic N) is 3. The third kappa shape index (κ3) is 6.20. The maximum atomic E-state index is 13.1. The quantitative estimate of drug-likeness (QED) is 0.261. The summed E-state index contributed by atoms with van der Waals surface area (Å²) >= 11 is 1.31. The predicted molar refractivity (Wildman–Crippen MR) is 130 cm³/mol. The average molecular weight is 454 g/mol. The van der Waals surface area contributed by atoms with E-state index in [1.165, 1.54) is 11.8 Å². The molecule has 1 aromatic heterocycles. The fourth-order valence-corrected chi connectivity index (χ4v) is 4.33. The second-order valence-electron chi connectivity index (χ2n) is 8.11. The summed E-state index contributed by atoms with van der Waals surface area (Å²) in [5.74, 6) is 0.214. The molecule has 0 N–H and O–H groups in total. The van der Waals surface area contributed by atoms with Crippen LogP contribution in [0.1, 0.15) is 31.4 Å². The molecule has 32 heavy (non-hydrogen) atoms. The number of aryl methyl sites for hydroxylation is 1. The van der Waals surface area contributed by atoms with Gasteiger partial charge in [-0.05, 0) is 50.5 Å². The summed E-state index contributed by atoms with van der Waals surface area (Å²) in [5.41, 5.74) is 2.85. The van der Waals surface area contributed by atoms with E-state index in [-0.39, 0.29) is 23.3 Å². The first-order valence-corrected chi connectivity index (χ1v) is 11.9. The molecule has 0 radical (unpaired) electrons. The van der Waals surface area contributed by atoms with Gasteiger partial charge < -0.3 is 9.64 Å². The molecular formula is C25H31N3O3S. The van der Waals surface area contributed by atoms with Gasteiger partial charge in [0, 0.05) is 26.7 Å². The zero-order chi connectivity index (χ0) is 23.1. The molecule has 0 aliphatic heterocycles. The highest BCUT2D eigenvalue weighted by Crippen LogP contribution is 2.19. The number of hydrogen-bond donors (Lipinski definition) is 0. The van der Waals surface area contributed by atoms with Crippen molar-refractivity contribution in [1.29, 1.82) is 0 Å². The summed E-state index contributed by atoms with van der Waals surface area (Å²) in [5, 5.41) is 1.15. The molecule has 0 atom stereocenters. The number of para-hydroxylation sites is 1. The fraction of sp³-hybridized carbons (Fsp3) is 0.400. The van der Waals surface area contributed by atoms with E-state index < -0.39 is 0 Å². The largest absolute Gasteiger partial charge is 0.379 e. The van der Waals surface area contributed by atoms with Gasteiger partial charge in [-0.1, -0.05) is 48.2 Å². The standard InChI is InChI=1S/C25H31N3O3S/c1-18(2)31-15-9-14-28-24(30)21-12-7-8-13-22(21)26-25(28)32-17-23(29)27(4)16-20-11-6-5-10-19(20)3/h5-8,10-13,18H,9,14-17H2,1-4H3. The molecule has 0 spiro atoms. The van der Waals surface area contributed by atoms with Gasteiger partial charge in [0.1, 0.15) is 0 Å². The summed E-state index contributed by atoms with van der Waals surface area (Å²) in [6.45, 7) is 7.64. The summed E-state index contributed by atoms with van der Waals surface area (Å²) in [4.78, 5) is 32.3. The second kappa shape index (κ2) is 11.3. The number of carbonyl (C=O) groups excluding carboxylic acids is 1. The van der Waals surface area contributed by atoms with Gasteiger partial charge >= 0.3 is 0 Å². The summed E-state index contributed by atoms with van der Waals surface area (Å²) < 4.78 is 7.30. The van der Waals surface area contributed by atoms with Crippen molar-refractivity contribution in [1.82, 2.24) is 14.5 Å². The Kier molecular flexibility index (Phi) is 8.47. The summed E-state index contributed by atoms with van der Waals surface area (Å²) in [6.07, 6.45) is 0.851. The first kappa shape index (κ1) is 24.0. The molecule has 0 bridgehead atoms. The average Bonchev–Trinajstić information content (AvgIpc) is 2.77. The number of aromatic nitrogens is 2. The smallest absolute Gasteiger partial charge is 0.262 e. The van der Waals surface area contributed by atoms with E-state index in [0.717, 1.165) is 11.1 Å². The molecule has 1 amide bonds. The lowest BCUT2D eigenvalue weighted by atomic mass is 10.1. The van der Waals surface area contributed by atoms with Gasteiger partial charge in [0.2, 0.25) is 5.91 Å². The zero-order valence-corrected chi connectivity index (χ0v) is 20.0. The molecule has 2 aromatic carbocycles. The van der Waals surface area contributed by atoms with Gasteiger partial charge in [-0.2, -0.15) is 0 Å². The van der Waals surface area contributed by atoms with Crippen molar-refractivity contribution in [3.8, 4) is 0 Å². The lowest BCUT2D eigenvalue weighted by molar-refractivity contribution is -0.127. The highest BCUT2D eigenvalue weighted by molar-refractivity contribution is 7.99. The Labute approximate surface area is 193 Å². The third-order valence-electron chi connectivity index (χ3n) is 5.22. The van der Waals surface area contributed by atoms with E-state index in [2.05, 4.69) is 0 Å². The van der Waals surface area contributed by atoms with Crippen molar-refractivity contribution in [2.75, 3.05) is 19.4 Å². The van der Waals surface area contributed by atoms with E-state index in [4.69, 9.17) is 9.72 Å². The maximum absolute atomic E-state index is 13.1. The minimum absolute atomic E-state index is 0.00430. The number of benzene rings is 2. The van der Waals surface area contributed by atoms with Gasteiger partial charge in [0.25, 0.3) is 5.56 Å². The zero-order valence-electron chi connectivity index (χ0n) is 19.2. The number of fused-ring (bicyclic) bond motifs is 1. The molecule has 3 aromatic rings. The molecule has 6 nitrogen and oxygen atoms in total. The first-order valence-electron chi connectivity index (χ1n) is 10.9. The van der Waals surface area contributed by atoms with E-state index >= 15 is 0 Å². The number of amides is 1. The first-order chi connectivity index (χ1) is 15.4. The van der Waals surface area contributed by atoms with Gasteiger partial charge in [-0.3, -0.25) is 14.2 Å². The molecule has 0 saturated heterocycles. The van der Waals surface area contributed by atoms with Crippen LogP contribution in [0.3, 0.4) is 0 Å². The number of thioether (sulfide) groups is 1. The van der Waals surface area contributed by atoms with Crippen LogP contribution in [0.4, 0.5) is 0 Å². The van der Waals surface area contributed by atoms with Crippen LogP contribution in [0, 0.1) is 6.92 Å².